The number of anilines is 1. The van der Waals surface area contributed by atoms with E-state index in [1.807, 2.05) is 19.1 Å². The van der Waals surface area contributed by atoms with Crippen molar-refractivity contribution >= 4 is 11.4 Å². The number of hydrogen-bond donors (Lipinski definition) is 1. The third kappa shape index (κ3) is 2.50. The molecule has 1 N–H and O–H groups in total. The lowest BCUT2D eigenvalue weighted by Gasteiger charge is -2.32. The predicted octanol–water partition coefficient (Wildman–Crippen LogP) is 2.94. The van der Waals surface area contributed by atoms with Crippen LogP contribution in [0.4, 0.5) is 11.4 Å². The van der Waals surface area contributed by atoms with E-state index in [9.17, 15) is 10.1 Å². The smallest absolute Gasteiger partial charge is 0.292 e. The maximum Gasteiger partial charge on any atom is 0.292 e. The van der Waals surface area contributed by atoms with Crippen LogP contribution >= 0.6 is 0 Å². The van der Waals surface area contributed by atoms with Gasteiger partial charge in [-0.3, -0.25) is 15.0 Å². The van der Waals surface area contributed by atoms with Gasteiger partial charge in [0.2, 0.25) is 0 Å². The van der Waals surface area contributed by atoms with Gasteiger partial charge in [0.05, 0.1) is 4.92 Å². The number of fused-ring (bicyclic) bond motifs is 1. The molecule has 2 atom stereocenters. The first kappa shape index (κ1) is 13.4. The maximum atomic E-state index is 11.2. The number of hydrogen-bond acceptors (Lipinski definition) is 4. The molecule has 0 spiro atoms. The Hall–Kier alpha value is -1.62. The molecule has 0 bridgehead atoms. The van der Waals surface area contributed by atoms with Gasteiger partial charge in [-0.15, -0.1) is 0 Å². The minimum atomic E-state index is -0.289. The van der Waals surface area contributed by atoms with Gasteiger partial charge in [-0.05, 0) is 44.4 Å². The Morgan fingerprint density at radius 2 is 2.15 bits per heavy atom. The van der Waals surface area contributed by atoms with E-state index in [1.54, 1.807) is 6.07 Å². The van der Waals surface area contributed by atoms with Crippen LogP contribution in [0.2, 0.25) is 0 Å². The molecular formula is C15H21N3O2. The van der Waals surface area contributed by atoms with Gasteiger partial charge in [0.1, 0.15) is 5.69 Å². The summed E-state index contributed by atoms with van der Waals surface area (Å²) >= 11 is 0. The summed E-state index contributed by atoms with van der Waals surface area (Å²) in [6.07, 6.45) is 4.84. The van der Waals surface area contributed by atoms with Crippen molar-refractivity contribution in [3.05, 3.63) is 33.9 Å². The van der Waals surface area contributed by atoms with E-state index in [2.05, 4.69) is 10.2 Å². The van der Waals surface area contributed by atoms with Crippen molar-refractivity contribution in [1.29, 1.82) is 0 Å². The highest BCUT2D eigenvalue weighted by Gasteiger charge is 2.36. The zero-order valence-corrected chi connectivity index (χ0v) is 11.8. The summed E-state index contributed by atoms with van der Waals surface area (Å²) in [5.74, 6) is 0. The second-order valence-electron chi connectivity index (χ2n) is 5.92. The summed E-state index contributed by atoms with van der Waals surface area (Å²) in [6, 6.07) is 6.32. The third-order valence-corrected chi connectivity index (χ3v) is 4.55. The Morgan fingerprint density at radius 3 is 2.95 bits per heavy atom. The van der Waals surface area contributed by atoms with Crippen LogP contribution in [0.5, 0.6) is 0 Å². The van der Waals surface area contributed by atoms with Crippen molar-refractivity contribution in [3.63, 3.8) is 0 Å². The first-order chi connectivity index (χ1) is 9.65. The first-order valence-corrected chi connectivity index (χ1v) is 7.41. The summed E-state index contributed by atoms with van der Waals surface area (Å²) in [7, 11) is 0. The van der Waals surface area contributed by atoms with Gasteiger partial charge in [0.25, 0.3) is 5.69 Å². The van der Waals surface area contributed by atoms with E-state index in [1.165, 1.54) is 25.8 Å². The molecule has 5 heteroatoms. The standard InChI is InChI=1S/C15H21N3O2/c1-11-5-6-12(15(10-11)18(19)20)16-13-7-9-17-8-3-2-4-14(13)17/h5-6,10,13-14,16H,2-4,7-9H2,1H3. The lowest BCUT2D eigenvalue weighted by atomic mass is 9.98. The van der Waals surface area contributed by atoms with Crippen molar-refractivity contribution in [2.45, 2.75) is 44.7 Å². The molecular weight excluding hydrogens is 254 g/mol. The number of rotatable bonds is 3. The fourth-order valence-corrected chi connectivity index (χ4v) is 3.53. The molecule has 2 fully saturated rings. The number of nitrogens with one attached hydrogen (secondary N) is 1. The highest BCUT2D eigenvalue weighted by Crippen LogP contribution is 2.32. The predicted molar refractivity (Wildman–Crippen MR) is 79.1 cm³/mol. The molecule has 2 aliphatic rings. The van der Waals surface area contributed by atoms with Crippen LogP contribution in [0.3, 0.4) is 0 Å². The first-order valence-electron chi connectivity index (χ1n) is 7.41. The van der Waals surface area contributed by atoms with E-state index in [0.29, 0.717) is 17.8 Å². The second kappa shape index (κ2) is 5.40. The van der Waals surface area contributed by atoms with Crippen LogP contribution in [-0.4, -0.2) is 35.0 Å². The molecule has 5 nitrogen and oxygen atoms in total. The van der Waals surface area contributed by atoms with Gasteiger partial charge < -0.3 is 5.32 Å². The quantitative estimate of drug-likeness (QED) is 0.680. The highest BCUT2D eigenvalue weighted by molar-refractivity contribution is 5.63. The summed E-state index contributed by atoms with van der Waals surface area (Å²) in [5, 5.41) is 14.6. The second-order valence-corrected chi connectivity index (χ2v) is 5.92. The molecule has 0 radical (unpaired) electrons. The van der Waals surface area contributed by atoms with Crippen molar-refractivity contribution < 1.29 is 4.92 Å². The molecule has 2 saturated heterocycles. The van der Waals surface area contributed by atoms with Crippen molar-refractivity contribution in [2.24, 2.45) is 0 Å². The van der Waals surface area contributed by atoms with Crippen LogP contribution in [0, 0.1) is 17.0 Å². The number of benzene rings is 1. The molecule has 2 unspecified atom stereocenters. The molecule has 0 amide bonds. The molecule has 0 aromatic heterocycles. The maximum absolute atomic E-state index is 11.2. The van der Waals surface area contributed by atoms with E-state index in [0.717, 1.165) is 18.5 Å². The van der Waals surface area contributed by atoms with E-state index >= 15 is 0 Å². The number of nitro groups is 1. The third-order valence-electron chi connectivity index (χ3n) is 4.55. The average Bonchev–Trinajstić information content (AvgIpc) is 2.84. The molecule has 1 aromatic carbocycles. The number of nitrogens with zero attached hydrogens (tertiary/aromatic N) is 2. The lowest BCUT2D eigenvalue weighted by Crippen LogP contribution is -2.41. The average molecular weight is 275 g/mol. The normalized spacial score (nSPS) is 26.2. The molecule has 3 rings (SSSR count). The van der Waals surface area contributed by atoms with Crippen LogP contribution in [-0.2, 0) is 0 Å². The largest absolute Gasteiger partial charge is 0.375 e. The van der Waals surface area contributed by atoms with Gasteiger partial charge in [-0.1, -0.05) is 12.5 Å². The Labute approximate surface area is 119 Å². The van der Waals surface area contributed by atoms with E-state index < -0.39 is 0 Å². The molecule has 0 saturated carbocycles. The van der Waals surface area contributed by atoms with Crippen molar-refractivity contribution in [1.82, 2.24) is 4.90 Å². The monoisotopic (exact) mass is 275 g/mol. The Morgan fingerprint density at radius 1 is 1.30 bits per heavy atom. The molecule has 1 aromatic rings. The Bertz CT molecular complexity index is 518. The molecule has 2 heterocycles. The zero-order chi connectivity index (χ0) is 14.1. The minimum Gasteiger partial charge on any atom is -0.375 e. The minimum absolute atomic E-state index is 0.194. The summed E-state index contributed by atoms with van der Waals surface area (Å²) < 4.78 is 0. The SMILES string of the molecule is Cc1ccc(NC2CCN3CCCCC23)c([N+](=O)[O-])c1. The van der Waals surface area contributed by atoms with Crippen LogP contribution in [0.15, 0.2) is 18.2 Å². The Kier molecular flexibility index (Phi) is 3.61. The van der Waals surface area contributed by atoms with E-state index in [-0.39, 0.29) is 10.6 Å². The summed E-state index contributed by atoms with van der Waals surface area (Å²) in [5.41, 5.74) is 1.78. The van der Waals surface area contributed by atoms with Gasteiger partial charge in [-0.2, -0.15) is 0 Å². The van der Waals surface area contributed by atoms with Gasteiger partial charge in [0, 0.05) is 24.7 Å². The fraction of sp³-hybridized carbons (Fsp3) is 0.600. The number of aryl methyl sites for hydroxylation is 1. The molecule has 0 aliphatic carbocycles. The van der Waals surface area contributed by atoms with Crippen LogP contribution in [0.25, 0.3) is 0 Å². The van der Waals surface area contributed by atoms with Gasteiger partial charge >= 0.3 is 0 Å². The van der Waals surface area contributed by atoms with E-state index in [4.69, 9.17) is 0 Å². The van der Waals surface area contributed by atoms with Gasteiger partial charge in [-0.25, -0.2) is 0 Å². The van der Waals surface area contributed by atoms with Crippen LogP contribution in [0.1, 0.15) is 31.2 Å². The van der Waals surface area contributed by atoms with Crippen molar-refractivity contribution in [3.8, 4) is 0 Å². The van der Waals surface area contributed by atoms with Gasteiger partial charge in [0.15, 0.2) is 0 Å². The zero-order valence-electron chi connectivity index (χ0n) is 11.8. The number of nitro benzene ring substituents is 1. The highest BCUT2D eigenvalue weighted by atomic mass is 16.6. The Balaban J connectivity index is 1.79. The lowest BCUT2D eigenvalue weighted by molar-refractivity contribution is -0.384. The molecule has 20 heavy (non-hydrogen) atoms. The molecule has 108 valence electrons. The fourth-order valence-electron chi connectivity index (χ4n) is 3.53. The summed E-state index contributed by atoms with van der Waals surface area (Å²) in [6.45, 7) is 4.18. The topological polar surface area (TPSA) is 58.4 Å². The van der Waals surface area contributed by atoms with Crippen molar-refractivity contribution in [2.75, 3.05) is 18.4 Å². The number of piperidine rings is 1. The molecule has 2 aliphatic heterocycles. The van der Waals surface area contributed by atoms with Crippen LogP contribution < -0.4 is 5.32 Å². The summed E-state index contributed by atoms with van der Waals surface area (Å²) in [4.78, 5) is 13.4.